The Morgan fingerprint density at radius 2 is 2.17 bits per heavy atom. The third-order valence-electron chi connectivity index (χ3n) is 2.88. The molecule has 0 unspecified atom stereocenters. The van der Waals surface area contributed by atoms with E-state index in [1.165, 1.54) is 12.8 Å². The van der Waals surface area contributed by atoms with Crippen molar-refractivity contribution in [2.24, 2.45) is 0 Å². The predicted molar refractivity (Wildman–Crippen MR) is 81.0 cm³/mol. The van der Waals surface area contributed by atoms with Crippen molar-refractivity contribution in [1.29, 1.82) is 0 Å². The smallest absolute Gasteiger partial charge is 0.148 e. The van der Waals surface area contributed by atoms with Crippen LogP contribution >= 0.6 is 28.1 Å². The van der Waals surface area contributed by atoms with Crippen LogP contribution in [0.2, 0.25) is 0 Å². The molecule has 0 saturated carbocycles. The van der Waals surface area contributed by atoms with Gasteiger partial charge in [-0.3, -0.25) is 0 Å². The highest BCUT2D eigenvalue weighted by molar-refractivity contribution is 9.10. The van der Waals surface area contributed by atoms with Crippen molar-refractivity contribution < 1.29 is 4.74 Å². The van der Waals surface area contributed by atoms with Crippen LogP contribution in [0.3, 0.4) is 0 Å². The number of ether oxygens (including phenoxy) is 1. The Balaban J connectivity index is 2.26. The van der Waals surface area contributed by atoms with E-state index in [4.69, 9.17) is 23.4 Å². The highest BCUT2D eigenvalue weighted by Crippen LogP contribution is 2.26. The fourth-order valence-corrected chi connectivity index (χ4v) is 2.71. The van der Waals surface area contributed by atoms with Crippen LogP contribution in [0.1, 0.15) is 18.4 Å². The van der Waals surface area contributed by atoms with Crippen molar-refractivity contribution in [2.75, 3.05) is 19.7 Å². The lowest BCUT2D eigenvalue weighted by molar-refractivity contribution is 0.368. The number of halogens is 1. The zero-order valence-corrected chi connectivity index (χ0v) is 12.4. The fraction of sp³-hybridized carbons (Fsp3) is 0.357. The van der Waals surface area contributed by atoms with Crippen LogP contribution in [0.15, 0.2) is 22.7 Å². The third kappa shape index (κ3) is 3.04. The first-order valence-electron chi connectivity index (χ1n) is 5.87. The second kappa shape index (κ2) is 6.21. The van der Waals surface area contributed by atoms with E-state index in [0.717, 1.165) is 33.9 Å². The van der Waals surface area contributed by atoms with Crippen LogP contribution in [0.5, 0.6) is 5.75 Å². The van der Waals surface area contributed by atoms with Crippen molar-refractivity contribution in [3.63, 3.8) is 0 Å². The van der Waals surface area contributed by atoms with Gasteiger partial charge in [-0.25, -0.2) is 0 Å². The van der Waals surface area contributed by atoms with E-state index in [0.29, 0.717) is 0 Å². The molecule has 1 saturated heterocycles. The van der Waals surface area contributed by atoms with Gasteiger partial charge in [0.2, 0.25) is 0 Å². The quantitative estimate of drug-likeness (QED) is 0.626. The highest BCUT2D eigenvalue weighted by Gasteiger charge is 2.19. The molecule has 1 aliphatic heterocycles. The van der Waals surface area contributed by atoms with Crippen molar-refractivity contribution in [2.45, 2.75) is 12.8 Å². The minimum Gasteiger partial charge on any atom is -0.480 e. The molecule has 18 heavy (non-hydrogen) atoms. The molecule has 0 amide bonds. The molecular formula is C14H14BrNOS. The zero-order chi connectivity index (χ0) is 13.0. The van der Waals surface area contributed by atoms with E-state index < -0.39 is 0 Å². The summed E-state index contributed by atoms with van der Waals surface area (Å²) in [7, 11) is 0. The average molecular weight is 324 g/mol. The van der Waals surface area contributed by atoms with E-state index in [9.17, 15) is 0 Å². The number of rotatable bonds is 3. The monoisotopic (exact) mass is 323 g/mol. The van der Waals surface area contributed by atoms with Gasteiger partial charge in [-0.15, -0.1) is 6.42 Å². The summed E-state index contributed by atoms with van der Waals surface area (Å²) in [6, 6.07) is 5.83. The maximum Gasteiger partial charge on any atom is 0.148 e. The van der Waals surface area contributed by atoms with Crippen LogP contribution in [-0.2, 0) is 0 Å². The number of nitrogens with zero attached hydrogens (tertiary/aromatic N) is 1. The number of hydrogen-bond donors (Lipinski definition) is 0. The molecule has 0 spiro atoms. The summed E-state index contributed by atoms with van der Waals surface area (Å²) < 4.78 is 6.54. The first kappa shape index (κ1) is 13.4. The van der Waals surface area contributed by atoms with Crippen molar-refractivity contribution in [3.8, 4) is 18.1 Å². The van der Waals surface area contributed by atoms with Crippen molar-refractivity contribution in [1.82, 2.24) is 4.90 Å². The molecule has 1 aromatic carbocycles. The summed E-state index contributed by atoms with van der Waals surface area (Å²) >= 11 is 9.02. The van der Waals surface area contributed by atoms with Gasteiger partial charge in [0.15, 0.2) is 0 Å². The highest BCUT2D eigenvalue weighted by atomic mass is 79.9. The van der Waals surface area contributed by atoms with Crippen LogP contribution in [0, 0.1) is 12.3 Å². The first-order valence-corrected chi connectivity index (χ1v) is 7.07. The standard InChI is InChI=1S/C14H14BrNOS/c1-2-9-17-13-6-5-11(15)10-12(13)14(18)16-7-3-4-8-16/h1,5-6,10H,3-4,7-9H2. The molecular weight excluding hydrogens is 310 g/mol. The molecule has 0 N–H and O–H groups in total. The number of terminal acetylenes is 1. The van der Waals surface area contributed by atoms with Gasteiger partial charge in [-0.2, -0.15) is 0 Å². The Kier molecular flexibility index (Phi) is 4.62. The van der Waals surface area contributed by atoms with Crippen molar-refractivity contribution >= 4 is 33.1 Å². The maximum absolute atomic E-state index is 5.55. The molecule has 94 valence electrons. The second-order valence-electron chi connectivity index (χ2n) is 4.13. The molecule has 1 aliphatic rings. The van der Waals surface area contributed by atoms with Gasteiger partial charge in [-0.1, -0.05) is 34.1 Å². The Bertz CT molecular complexity index is 489. The molecule has 1 heterocycles. The zero-order valence-electron chi connectivity index (χ0n) is 9.99. The lowest BCUT2D eigenvalue weighted by Gasteiger charge is -2.20. The molecule has 1 fully saturated rings. The Morgan fingerprint density at radius 3 is 2.83 bits per heavy atom. The number of thiocarbonyl (C=S) groups is 1. The Morgan fingerprint density at radius 1 is 1.44 bits per heavy atom. The van der Waals surface area contributed by atoms with Gasteiger partial charge in [0.25, 0.3) is 0 Å². The fourth-order valence-electron chi connectivity index (χ4n) is 2.01. The van der Waals surface area contributed by atoms with Crippen LogP contribution < -0.4 is 4.74 Å². The normalized spacial score (nSPS) is 14.3. The molecule has 0 radical (unpaired) electrons. The number of benzene rings is 1. The predicted octanol–water partition coefficient (Wildman–Crippen LogP) is 3.23. The maximum atomic E-state index is 5.55. The molecule has 4 heteroatoms. The first-order chi connectivity index (χ1) is 8.72. The van der Waals surface area contributed by atoms with Gasteiger partial charge < -0.3 is 9.64 Å². The lowest BCUT2D eigenvalue weighted by atomic mass is 10.2. The minimum absolute atomic E-state index is 0.261. The van der Waals surface area contributed by atoms with Crippen molar-refractivity contribution in [3.05, 3.63) is 28.2 Å². The SMILES string of the molecule is C#CCOc1ccc(Br)cc1C(=S)N1CCCC1. The summed E-state index contributed by atoms with van der Waals surface area (Å²) in [6.45, 7) is 2.32. The largest absolute Gasteiger partial charge is 0.480 e. The number of hydrogen-bond acceptors (Lipinski definition) is 2. The topological polar surface area (TPSA) is 12.5 Å². The molecule has 2 nitrogen and oxygen atoms in total. The van der Waals surface area contributed by atoms with Crippen LogP contribution in [0.4, 0.5) is 0 Å². The Labute approximate surface area is 121 Å². The van der Waals surface area contributed by atoms with Gasteiger partial charge in [0, 0.05) is 17.6 Å². The summed E-state index contributed by atoms with van der Waals surface area (Å²) in [4.78, 5) is 3.07. The molecule has 0 bridgehead atoms. The molecule has 0 aliphatic carbocycles. The van der Waals surface area contributed by atoms with E-state index >= 15 is 0 Å². The number of likely N-dealkylation sites (tertiary alicyclic amines) is 1. The minimum atomic E-state index is 0.261. The lowest BCUT2D eigenvalue weighted by Crippen LogP contribution is -2.27. The summed E-state index contributed by atoms with van der Waals surface area (Å²) in [5.74, 6) is 3.23. The van der Waals surface area contributed by atoms with Gasteiger partial charge in [-0.05, 0) is 31.0 Å². The van der Waals surface area contributed by atoms with Gasteiger partial charge in [0.05, 0.1) is 5.56 Å². The molecule has 0 aromatic heterocycles. The van der Waals surface area contributed by atoms with Crippen LogP contribution in [-0.4, -0.2) is 29.6 Å². The summed E-state index contributed by atoms with van der Waals surface area (Å²) in [5.41, 5.74) is 0.941. The van der Waals surface area contributed by atoms with Gasteiger partial charge in [0.1, 0.15) is 17.3 Å². The second-order valence-corrected chi connectivity index (χ2v) is 5.43. The molecule has 1 aromatic rings. The van der Waals surface area contributed by atoms with E-state index in [1.54, 1.807) is 0 Å². The van der Waals surface area contributed by atoms with Crippen LogP contribution in [0.25, 0.3) is 0 Å². The molecule has 0 atom stereocenters. The third-order valence-corrected chi connectivity index (χ3v) is 3.85. The van der Waals surface area contributed by atoms with Gasteiger partial charge >= 0.3 is 0 Å². The average Bonchev–Trinajstić information content (AvgIpc) is 2.90. The van der Waals surface area contributed by atoms with E-state index in [1.807, 2.05) is 18.2 Å². The molecule has 2 rings (SSSR count). The summed E-state index contributed by atoms with van der Waals surface area (Å²) in [6.07, 6.45) is 7.63. The summed E-state index contributed by atoms with van der Waals surface area (Å²) in [5, 5.41) is 0. The Hall–Kier alpha value is -1.05. The van der Waals surface area contributed by atoms with E-state index in [-0.39, 0.29) is 6.61 Å². The van der Waals surface area contributed by atoms with E-state index in [2.05, 4.69) is 26.8 Å².